The van der Waals surface area contributed by atoms with Gasteiger partial charge < -0.3 is 4.90 Å². The SMILES string of the molecule is CC1(C)c2ccccc2-c2cc(N(c3ccc4c(c3)C(c3ccccc3)(c3ccccc3)c3ccccc3-4)c3ccc4c5ccccc5c5ccccc5c4c3)ccc21. The van der Waals surface area contributed by atoms with Crippen molar-refractivity contribution in [2.45, 2.75) is 24.7 Å². The van der Waals surface area contributed by atoms with E-state index in [0.29, 0.717) is 0 Å². The fraction of sp³-hybridized carbons (Fsp3) is 0.0690. The summed E-state index contributed by atoms with van der Waals surface area (Å²) in [6, 6.07) is 79.4. The maximum Gasteiger partial charge on any atom is 0.0714 e. The normalized spacial score (nSPS) is 14.2. The van der Waals surface area contributed by atoms with Crippen LogP contribution in [0.15, 0.2) is 212 Å². The molecule has 0 bridgehead atoms. The van der Waals surface area contributed by atoms with Crippen LogP contribution in [0.5, 0.6) is 0 Å². The van der Waals surface area contributed by atoms with Crippen molar-refractivity contribution in [1.29, 1.82) is 0 Å². The molecule has 0 atom stereocenters. The smallest absolute Gasteiger partial charge is 0.0714 e. The quantitative estimate of drug-likeness (QED) is 0.158. The zero-order chi connectivity index (χ0) is 39.3. The molecule has 1 heteroatoms. The predicted molar refractivity (Wildman–Crippen MR) is 249 cm³/mol. The fourth-order valence-electron chi connectivity index (χ4n) is 10.9. The van der Waals surface area contributed by atoms with E-state index in [-0.39, 0.29) is 5.41 Å². The van der Waals surface area contributed by atoms with Crippen molar-refractivity contribution < 1.29 is 0 Å². The minimum absolute atomic E-state index is 0.0808. The molecule has 0 N–H and O–H groups in total. The molecule has 2 aliphatic rings. The summed E-state index contributed by atoms with van der Waals surface area (Å²) in [4.78, 5) is 2.50. The van der Waals surface area contributed by atoms with Gasteiger partial charge in [-0.15, -0.1) is 0 Å². The lowest BCUT2D eigenvalue weighted by Crippen LogP contribution is -2.28. The molecule has 0 saturated heterocycles. The highest BCUT2D eigenvalue weighted by atomic mass is 15.1. The van der Waals surface area contributed by atoms with Crippen molar-refractivity contribution in [2.24, 2.45) is 0 Å². The lowest BCUT2D eigenvalue weighted by molar-refractivity contribution is 0.660. The maximum absolute atomic E-state index is 2.50. The molecule has 0 saturated carbocycles. The molecule has 2 aliphatic carbocycles. The lowest BCUT2D eigenvalue weighted by Gasteiger charge is -2.35. The number of rotatable bonds is 5. The van der Waals surface area contributed by atoms with Crippen molar-refractivity contribution in [3.8, 4) is 22.3 Å². The number of anilines is 3. The van der Waals surface area contributed by atoms with E-state index in [1.807, 2.05) is 0 Å². The van der Waals surface area contributed by atoms with Crippen LogP contribution in [-0.2, 0) is 10.8 Å². The molecule has 12 rings (SSSR count). The van der Waals surface area contributed by atoms with Gasteiger partial charge in [0.2, 0.25) is 0 Å². The Morgan fingerprint density at radius 3 is 1.36 bits per heavy atom. The molecule has 59 heavy (non-hydrogen) atoms. The van der Waals surface area contributed by atoms with Crippen molar-refractivity contribution in [3.05, 3.63) is 246 Å². The number of nitrogens with zero attached hydrogens (tertiary/aromatic N) is 1. The van der Waals surface area contributed by atoms with Crippen LogP contribution in [0, 0.1) is 0 Å². The molecule has 0 unspecified atom stereocenters. The summed E-state index contributed by atoms with van der Waals surface area (Å²) < 4.78 is 0. The molecule has 0 spiro atoms. The first-order valence-electron chi connectivity index (χ1n) is 20.8. The monoisotopic (exact) mass is 751 g/mol. The average molecular weight is 752 g/mol. The van der Waals surface area contributed by atoms with Crippen molar-refractivity contribution >= 4 is 49.4 Å². The Labute approximate surface area is 345 Å². The second-order valence-electron chi connectivity index (χ2n) is 16.8. The average Bonchev–Trinajstić information content (AvgIpc) is 3.72. The van der Waals surface area contributed by atoms with E-state index in [1.165, 1.54) is 88.0 Å². The van der Waals surface area contributed by atoms with E-state index < -0.39 is 5.41 Å². The molecule has 0 amide bonds. The topological polar surface area (TPSA) is 3.24 Å². The highest BCUT2D eigenvalue weighted by Gasteiger charge is 2.46. The van der Waals surface area contributed by atoms with Crippen LogP contribution >= 0.6 is 0 Å². The Morgan fingerprint density at radius 2 is 0.712 bits per heavy atom. The Kier molecular flexibility index (Phi) is 7.26. The maximum atomic E-state index is 2.50. The summed E-state index contributed by atoms with van der Waals surface area (Å²) in [5, 5.41) is 7.64. The predicted octanol–water partition coefficient (Wildman–Crippen LogP) is 15.3. The Balaban J connectivity index is 1.16. The Morgan fingerprint density at radius 1 is 0.288 bits per heavy atom. The van der Waals surface area contributed by atoms with Gasteiger partial charge in [0.05, 0.1) is 5.41 Å². The molecule has 10 aromatic rings. The summed E-state index contributed by atoms with van der Waals surface area (Å²) in [6.07, 6.45) is 0. The molecule has 0 aliphatic heterocycles. The van der Waals surface area contributed by atoms with Crippen LogP contribution in [0.2, 0.25) is 0 Å². The summed E-state index contributed by atoms with van der Waals surface area (Å²) >= 11 is 0. The molecule has 10 aromatic carbocycles. The summed E-state index contributed by atoms with van der Waals surface area (Å²) in [5.41, 5.74) is 15.9. The number of hydrogen-bond acceptors (Lipinski definition) is 1. The molecule has 0 fully saturated rings. The van der Waals surface area contributed by atoms with E-state index in [0.717, 1.165) is 17.1 Å². The zero-order valence-electron chi connectivity index (χ0n) is 33.2. The highest BCUT2D eigenvalue weighted by molar-refractivity contribution is 6.25. The van der Waals surface area contributed by atoms with Crippen LogP contribution in [0.25, 0.3) is 54.6 Å². The van der Waals surface area contributed by atoms with Crippen LogP contribution < -0.4 is 4.90 Å². The van der Waals surface area contributed by atoms with Crippen molar-refractivity contribution in [1.82, 2.24) is 0 Å². The summed E-state index contributed by atoms with van der Waals surface area (Å²) in [5.74, 6) is 0. The van der Waals surface area contributed by atoms with Gasteiger partial charge in [-0.05, 0) is 124 Å². The summed E-state index contributed by atoms with van der Waals surface area (Å²) in [7, 11) is 0. The first-order valence-corrected chi connectivity index (χ1v) is 20.8. The first-order chi connectivity index (χ1) is 29.0. The molecule has 278 valence electrons. The molecule has 0 radical (unpaired) electrons. The largest absolute Gasteiger partial charge is 0.310 e. The molecule has 1 nitrogen and oxygen atoms in total. The van der Waals surface area contributed by atoms with E-state index in [2.05, 4.69) is 231 Å². The van der Waals surface area contributed by atoms with Crippen molar-refractivity contribution in [2.75, 3.05) is 4.90 Å². The van der Waals surface area contributed by atoms with Crippen LogP contribution in [0.4, 0.5) is 17.1 Å². The first kappa shape index (κ1) is 33.9. The number of fused-ring (bicyclic) bond motifs is 12. The second kappa shape index (κ2) is 12.6. The number of benzene rings is 10. The van der Waals surface area contributed by atoms with Gasteiger partial charge in [-0.3, -0.25) is 0 Å². The molecule has 0 aromatic heterocycles. The van der Waals surface area contributed by atoms with E-state index in [1.54, 1.807) is 0 Å². The van der Waals surface area contributed by atoms with E-state index in [4.69, 9.17) is 0 Å². The minimum Gasteiger partial charge on any atom is -0.310 e. The third kappa shape index (κ3) is 4.73. The zero-order valence-corrected chi connectivity index (χ0v) is 33.2. The van der Waals surface area contributed by atoms with E-state index >= 15 is 0 Å². The highest BCUT2D eigenvalue weighted by Crippen LogP contribution is 2.58. The van der Waals surface area contributed by atoms with Gasteiger partial charge in [0.1, 0.15) is 0 Å². The van der Waals surface area contributed by atoms with Crippen molar-refractivity contribution in [3.63, 3.8) is 0 Å². The third-order valence-corrected chi connectivity index (χ3v) is 13.5. The lowest BCUT2D eigenvalue weighted by atomic mass is 9.67. The van der Waals surface area contributed by atoms with Gasteiger partial charge in [-0.25, -0.2) is 0 Å². The van der Waals surface area contributed by atoms with Crippen LogP contribution in [0.1, 0.15) is 47.2 Å². The van der Waals surface area contributed by atoms with Gasteiger partial charge in [0.15, 0.2) is 0 Å². The van der Waals surface area contributed by atoms with Gasteiger partial charge in [0.25, 0.3) is 0 Å². The Hall–Kier alpha value is -7.22. The minimum atomic E-state index is -0.504. The van der Waals surface area contributed by atoms with Gasteiger partial charge in [-0.2, -0.15) is 0 Å². The second-order valence-corrected chi connectivity index (χ2v) is 16.8. The number of hydrogen-bond donors (Lipinski definition) is 0. The van der Waals surface area contributed by atoms with Gasteiger partial charge in [-0.1, -0.05) is 190 Å². The third-order valence-electron chi connectivity index (χ3n) is 13.5. The van der Waals surface area contributed by atoms with Gasteiger partial charge >= 0.3 is 0 Å². The standard InChI is InChI=1S/C58H41N/c1-57(2)53-27-15-13-26-49(53)52-36-41(31-34-54(52)57)59(40-29-32-47-45-23-10-9-21-43(45)44-22-11-12-24-46(44)51(47)35-40)42-30-33-50-48-25-14-16-28-55(48)58(56(50)37-42,38-17-5-3-6-18-38)39-19-7-4-8-20-39/h3-37H,1-2H3. The van der Waals surface area contributed by atoms with Gasteiger partial charge in [0, 0.05) is 22.5 Å². The van der Waals surface area contributed by atoms with E-state index in [9.17, 15) is 0 Å². The van der Waals surface area contributed by atoms with Crippen LogP contribution in [0.3, 0.4) is 0 Å². The molecular weight excluding hydrogens is 711 g/mol. The Bertz CT molecular complexity index is 3230. The summed E-state index contributed by atoms with van der Waals surface area (Å²) in [6.45, 7) is 4.72. The molecule has 0 heterocycles. The van der Waals surface area contributed by atoms with Crippen LogP contribution in [-0.4, -0.2) is 0 Å². The molecular formula is C58H41N. The fourth-order valence-corrected chi connectivity index (χ4v) is 10.9.